The predicted molar refractivity (Wildman–Crippen MR) is 91.0 cm³/mol. The molecule has 118 valence electrons. The molecule has 6 heteroatoms. The number of aromatic carboxylic acids is 1. The fraction of sp³-hybridized carbons (Fsp3) is 0.118. The molecule has 0 aliphatic rings. The zero-order valence-corrected chi connectivity index (χ0v) is 13.2. The minimum absolute atomic E-state index is 0.0839. The number of allylic oxidation sites excluding steroid dienone is 1. The van der Waals surface area contributed by atoms with Crippen LogP contribution in [-0.4, -0.2) is 21.8 Å². The number of carboxylic acid groups (broad SMARTS) is 1. The molecule has 23 heavy (non-hydrogen) atoms. The number of benzene rings is 2. The van der Waals surface area contributed by atoms with E-state index in [4.69, 9.17) is 0 Å². The average Bonchev–Trinajstić information content (AvgIpc) is 2.55. The lowest BCUT2D eigenvalue weighted by Crippen LogP contribution is -2.02. The van der Waals surface area contributed by atoms with Gasteiger partial charge in [-0.15, -0.1) is 11.8 Å². The minimum atomic E-state index is -1.18. The highest BCUT2D eigenvalue weighted by Crippen LogP contribution is 2.39. The smallest absolute Gasteiger partial charge is 0.335 e. The second kappa shape index (κ2) is 7.60. The first kappa shape index (κ1) is 16.8. The van der Waals surface area contributed by atoms with Gasteiger partial charge < -0.3 is 5.11 Å². The monoisotopic (exact) mass is 329 g/mol. The lowest BCUT2D eigenvalue weighted by Gasteiger charge is -2.11. The number of nitro benzene ring substituents is 1. The van der Waals surface area contributed by atoms with Gasteiger partial charge in [-0.05, 0) is 18.6 Å². The number of nitro groups is 1. The van der Waals surface area contributed by atoms with Crippen LogP contribution < -0.4 is 0 Å². The van der Waals surface area contributed by atoms with Gasteiger partial charge in [-0.25, -0.2) is 4.79 Å². The van der Waals surface area contributed by atoms with Gasteiger partial charge in [0.05, 0.1) is 16.1 Å². The van der Waals surface area contributed by atoms with E-state index in [0.29, 0.717) is 21.8 Å². The Hall–Kier alpha value is -2.60. The summed E-state index contributed by atoms with van der Waals surface area (Å²) in [6.45, 7) is 1.88. The summed E-state index contributed by atoms with van der Waals surface area (Å²) in [5.41, 5.74) is 0.868. The number of hydrogen-bond acceptors (Lipinski definition) is 4. The Bertz CT molecular complexity index is 757. The van der Waals surface area contributed by atoms with Gasteiger partial charge in [-0.3, -0.25) is 10.1 Å². The molecule has 0 aliphatic heterocycles. The van der Waals surface area contributed by atoms with Gasteiger partial charge in [0, 0.05) is 16.7 Å². The molecule has 2 aromatic rings. The van der Waals surface area contributed by atoms with Gasteiger partial charge in [-0.1, -0.05) is 42.5 Å². The molecule has 0 aromatic heterocycles. The maximum absolute atomic E-state index is 11.4. The lowest BCUT2D eigenvalue weighted by molar-refractivity contribution is -0.384. The summed E-state index contributed by atoms with van der Waals surface area (Å²) in [5.74, 6) is -0.572. The fourth-order valence-corrected chi connectivity index (χ4v) is 3.16. The summed E-state index contributed by atoms with van der Waals surface area (Å²) in [6, 6.07) is 11.6. The van der Waals surface area contributed by atoms with E-state index in [1.165, 1.54) is 17.8 Å². The summed E-state index contributed by atoms with van der Waals surface area (Å²) in [5, 5.41) is 20.6. The van der Waals surface area contributed by atoms with E-state index < -0.39 is 10.9 Å². The molecule has 0 bridgehead atoms. The standard InChI is InChI=1S/C17H15NO4S/c1-2-3-9-23-15-11-13(17(19)20)10-14(18(21)22)16(15)12-7-5-4-6-8-12/h2-8,10-11H,9H2,1H3,(H,19,20)/b3-2+. The molecular weight excluding hydrogens is 314 g/mol. The molecule has 0 spiro atoms. The topological polar surface area (TPSA) is 80.4 Å². The first-order valence-electron chi connectivity index (χ1n) is 6.89. The largest absolute Gasteiger partial charge is 0.478 e. The Morgan fingerprint density at radius 2 is 2.00 bits per heavy atom. The Balaban J connectivity index is 2.68. The van der Waals surface area contributed by atoms with Crippen molar-refractivity contribution in [3.8, 4) is 11.1 Å². The zero-order valence-electron chi connectivity index (χ0n) is 12.4. The Kier molecular flexibility index (Phi) is 5.54. The molecule has 0 amide bonds. The van der Waals surface area contributed by atoms with Crippen LogP contribution in [0.4, 0.5) is 5.69 Å². The average molecular weight is 329 g/mol. The van der Waals surface area contributed by atoms with Crippen molar-refractivity contribution in [1.82, 2.24) is 0 Å². The predicted octanol–water partition coefficient (Wildman–Crippen LogP) is 4.63. The summed E-state index contributed by atoms with van der Waals surface area (Å²) < 4.78 is 0. The third-order valence-electron chi connectivity index (χ3n) is 3.16. The van der Waals surface area contributed by atoms with E-state index >= 15 is 0 Å². The van der Waals surface area contributed by atoms with Crippen molar-refractivity contribution in [2.24, 2.45) is 0 Å². The molecule has 5 nitrogen and oxygen atoms in total. The van der Waals surface area contributed by atoms with Gasteiger partial charge in [0.15, 0.2) is 0 Å². The normalized spacial score (nSPS) is 10.8. The number of hydrogen-bond donors (Lipinski definition) is 1. The van der Waals surface area contributed by atoms with Gasteiger partial charge in [0.25, 0.3) is 5.69 Å². The van der Waals surface area contributed by atoms with Crippen molar-refractivity contribution in [3.05, 3.63) is 70.3 Å². The fourth-order valence-electron chi connectivity index (χ4n) is 2.11. The van der Waals surface area contributed by atoms with Crippen molar-refractivity contribution < 1.29 is 14.8 Å². The molecule has 0 radical (unpaired) electrons. The highest BCUT2D eigenvalue weighted by Gasteiger charge is 2.23. The van der Waals surface area contributed by atoms with Crippen LogP contribution in [0.2, 0.25) is 0 Å². The van der Waals surface area contributed by atoms with Gasteiger partial charge in [0.1, 0.15) is 0 Å². The van der Waals surface area contributed by atoms with Crippen LogP contribution in [-0.2, 0) is 0 Å². The molecule has 0 atom stereocenters. The maximum atomic E-state index is 11.4. The van der Waals surface area contributed by atoms with Crippen molar-refractivity contribution in [2.75, 3.05) is 5.75 Å². The lowest BCUT2D eigenvalue weighted by atomic mass is 10.0. The molecule has 0 saturated carbocycles. The minimum Gasteiger partial charge on any atom is -0.478 e. The summed E-state index contributed by atoms with van der Waals surface area (Å²) in [7, 11) is 0. The summed E-state index contributed by atoms with van der Waals surface area (Å²) in [6.07, 6.45) is 3.80. The molecule has 0 aliphatic carbocycles. The molecule has 0 unspecified atom stereocenters. The Morgan fingerprint density at radius 3 is 2.57 bits per heavy atom. The number of rotatable bonds is 6. The number of carbonyl (C=O) groups is 1. The molecule has 0 fully saturated rings. The van der Waals surface area contributed by atoms with E-state index in [1.54, 1.807) is 24.3 Å². The van der Waals surface area contributed by atoms with Crippen LogP contribution in [0.3, 0.4) is 0 Å². The second-order valence-electron chi connectivity index (χ2n) is 4.68. The maximum Gasteiger partial charge on any atom is 0.335 e. The van der Waals surface area contributed by atoms with Crippen LogP contribution in [0.5, 0.6) is 0 Å². The zero-order chi connectivity index (χ0) is 16.8. The van der Waals surface area contributed by atoms with Crippen molar-refractivity contribution >= 4 is 23.4 Å². The van der Waals surface area contributed by atoms with Crippen LogP contribution in [0, 0.1) is 10.1 Å². The van der Waals surface area contributed by atoms with Crippen LogP contribution in [0.25, 0.3) is 11.1 Å². The molecule has 1 N–H and O–H groups in total. The number of thioether (sulfide) groups is 1. The van der Waals surface area contributed by atoms with Crippen LogP contribution >= 0.6 is 11.8 Å². The van der Waals surface area contributed by atoms with E-state index in [9.17, 15) is 20.0 Å². The highest BCUT2D eigenvalue weighted by atomic mass is 32.2. The summed E-state index contributed by atoms with van der Waals surface area (Å²) >= 11 is 1.38. The second-order valence-corrected chi connectivity index (χ2v) is 5.74. The van der Waals surface area contributed by atoms with Crippen LogP contribution in [0.15, 0.2) is 59.5 Å². The molecular formula is C17H15NO4S. The number of carboxylic acids is 1. The van der Waals surface area contributed by atoms with E-state index in [2.05, 4.69) is 0 Å². The van der Waals surface area contributed by atoms with Gasteiger partial charge >= 0.3 is 5.97 Å². The Morgan fingerprint density at radius 1 is 1.30 bits per heavy atom. The third-order valence-corrected chi connectivity index (χ3v) is 4.15. The van der Waals surface area contributed by atoms with Crippen molar-refractivity contribution in [1.29, 1.82) is 0 Å². The van der Waals surface area contributed by atoms with E-state index in [0.717, 1.165) is 6.07 Å². The SMILES string of the molecule is C/C=C/CSc1cc(C(=O)O)cc([N+](=O)[O-])c1-c1ccccc1. The quantitative estimate of drug-likeness (QED) is 0.362. The number of nitrogens with zero attached hydrogens (tertiary/aromatic N) is 1. The van der Waals surface area contributed by atoms with Crippen LogP contribution in [0.1, 0.15) is 17.3 Å². The van der Waals surface area contributed by atoms with E-state index in [-0.39, 0.29) is 11.3 Å². The van der Waals surface area contributed by atoms with E-state index in [1.807, 2.05) is 25.1 Å². The Labute approximate surface area is 137 Å². The van der Waals surface area contributed by atoms with Gasteiger partial charge in [-0.2, -0.15) is 0 Å². The molecule has 2 aromatic carbocycles. The molecule has 0 saturated heterocycles. The highest BCUT2D eigenvalue weighted by molar-refractivity contribution is 7.99. The summed E-state index contributed by atoms with van der Waals surface area (Å²) in [4.78, 5) is 22.8. The van der Waals surface area contributed by atoms with Crippen molar-refractivity contribution in [2.45, 2.75) is 11.8 Å². The molecule has 2 rings (SSSR count). The first-order chi connectivity index (χ1) is 11.0. The first-order valence-corrected chi connectivity index (χ1v) is 7.88. The van der Waals surface area contributed by atoms with Crippen molar-refractivity contribution in [3.63, 3.8) is 0 Å². The molecule has 0 heterocycles. The third kappa shape index (κ3) is 3.98. The van der Waals surface area contributed by atoms with Gasteiger partial charge in [0.2, 0.25) is 0 Å².